The first kappa shape index (κ1) is 13.6. The van der Waals surface area contributed by atoms with E-state index in [-0.39, 0.29) is 0 Å². The molecule has 0 aliphatic heterocycles. The Bertz CT molecular complexity index is 341. The molecule has 1 aliphatic carbocycles. The van der Waals surface area contributed by atoms with E-state index in [9.17, 15) is 0 Å². The number of aromatic nitrogens is 1. The second-order valence-corrected chi connectivity index (χ2v) is 5.22. The summed E-state index contributed by atoms with van der Waals surface area (Å²) in [6, 6.07) is 2.81. The average molecular weight is 251 g/mol. The summed E-state index contributed by atoms with van der Waals surface area (Å²) >= 11 is 0. The zero-order valence-electron chi connectivity index (χ0n) is 11.6. The molecular formula is C14H25N3O. The molecule has 1 aromatic heterocycles. The van der Waals surface area contributed by atoms with Crippen molar-refractivity contribution in [2.75, 3.05) is 13.1 Å². The van der Waals surface area contributed by atoms with Gasteiger partial charge in [-0.1, -0.05) is 19.0 Å². The van der Waals surface area contributed by atoms with Crippen molar-refractivity contribution in [2.24, 2.45) is 0 Å². The summed E-state index contributed by atoms with van der Waals surface area (Å²) in [7, 11) is 0. The van der Waals surface area contributed by atoms with Gasteiger partial charge in [-0.25, -0.2) is 0 Å². The minimum absolute atomic E-state index is 0.724. The highest BCUT2D eigenvalue weighted by Crippen LogP contribution is 2.19. The summed E-state index contributed by atoms with van der Waals surface area (Å²) in [5.41, 5.74) is 1.03. The molecule has 0 unspecified atom stereocenters. The molecule has 102 valence electrons. The van der Waals surface area contributed by atoms with Crippen molar-refractivity contribution in [2.45, 2.75) is 58.7 Å². The first-order chi connectivity index (χ1) is 8.81. The maximum atomic E-state index is 5.41. The second-order valence-electron chi connectivity index (χ2n) is 5.22. The lowest BCUT2D eigenvalue weighted by molar-refractivity contribution is 0.231. The first-order valence-electron chi connectivity index (χ1n) is 7.22. The van der Waals surface area contributed by atoms with Crippen LogP contribution in [-0.2, 0) is 13.1 Å². The Labute approximate surface area is 110 Å². The molecule has 0 radical (unpaired) electrons. The van der Waals surface area contributed by atoms with Crippen LogP contribution in [0.2, 0.25) is 0 Å². The van der Waals surface area contributed by atoms with Gasteiger partial charge in [0.1, 0.15) is 0 Å². The highest BCUT2D eigenvalue weighted by atomic mass is 16.5. The molecule has 0 atom stereocenters. The van der Waals surface area contributed by atoms with Gasteiger partial charge in [0.25, 0.3) is 0 Å². The Morgan fingerprint density at radius 2 is 2.06 bits per heavy atom. The summed E-state index contributed by atoms with van der Waals surface area (Å²) in [6.07, 6.45) is 4.99. The predicted octanol–water partition coefficient (Wildman–Crippen LogP) is 2.55. The monoisotopic (exact) mass is 251 g/mol. The van der Waals surface area contributed by atoms with E-state index in [0.29, 0.717) is 0 Å². The molecule has 1 aromatic rings. The molecule has 0 spiro atoms. The fourth-order valence-electron chi connectivity index (χ4n) is 2.17. The minimum Gasteiger partial charge on any atom is -0.360 e. The molecule has 1 fully saturated rings. The summed E-state index contributed by atoms with van der Waals surface area (Å²) in [4.78, 5) is 2.43. The maximum absolute atomic E-state index is 5.41. The number of nitrogens with zero attached hydrogens (tertiary/aromatic N) is 2. The van der Waals surface area contributed by atoms with Gasteiger partial charge in [0, 0.05) is 18.7 Å². The minimum atomic E-state index is 0.724. The normalized spacial score (nSPS) is 15.5. The third-order valence-electron chi connectivity index (χ3n) is 3.22. The lowest BCUT2D eigenvalue weighted by atomic mass is 10.3. The van der Waals surface area contributed by atoms with Gasteiger partial charge < -0.3 is 9.84 Å². The van der Waals surface area contributed by atoms with E-state index >= 15 is 0 Å². The van der Waals surface area contributed by atoms with Crippen molar-refractivity contribution in [1.82, 2.24) is 15.4 Å². The summed E-state index contributed by atoms with van der Waals surface area (Å²) in [5.74, 6) is 0.990. The average Bonchev–Trinajstić information content (AvgIpc) is 3.08. The highest BCUT2D eigenvalue weighted by Gasteiger charge is 2.20. The summed E-state index contributed by atoms with van der Waals surface area (Å²) in [5, 5.41) is 7.58. The van der Waals surface area contributed by atoms with Gasteiger partial charge in [0.15, 0.2) is 5.76 Å². The Morgan fingerprint density at radius 3 is 2.67 bits per heavy atom. The molecule has 4 heteroatoms. The van der Waals surface area contributed by atoms with E-state index in [2.05, 4.69) is 35.3 Å². The van der Waals surface area contributed by atoms with E-state index in [1.807, 2.05) is 0 Å². The van der Waals surface area contributed by atoms with Gasteiger partial charge in [0.05, 0.1) is 12.2 Å². The van der Waals surface area contributed by atoms with Crippen LogP contribution in [0, 0.1) is 0 Å². The topological polar surface area (TPSA) is 41.3 Å². The second kappa shape index (κ2) is 6.90. The molecule has 0 saturated heterocycles. The van der Waals surface area contributed by atoms with Crippen LogP contribution in [0.1, 0.15) is 51.0 Å². The first-order valence-corrected chi connectivity index (χ1v) is 7.22. The number of nitrogens with one attached hydrogen (secondary N) is 1. The molecule has 1 aliphatic rings. The van der Waals surface area contributed by atoms with Gasteiger partial charge in [-0.15, -0.1) is 0 Å². The molecule has 4 nitrogen and oxygen atoms in total. The molecule has 18 heavy (non-hydrogen) atoms. The predicted molar refractivity (Wildman–Crippen MR) is 72.2 cm³/mol. The van der Waals surface area contributed by atoms with Crippen LogP contribution in [0.3, 0.4) is 0 Å². The van der Waals surface area contributed by atoms with Gasteiger partial charge >= 0.3 is 0 Å². The molecule has 1 N–H and O–H groups in total. The van der Waals surface area contributed by atoms with Gasteiger partial charge in [0.2, 0.25) is 0 Å². The molecule has 1 heterocycles. The molecule has 1 saturated carbocycles. The standard InChI is InChI=1S/C14H25N3O/c1-3-7-17(8-4-2)11-14-9-13(16-18-14)10-15-12-5-6-12/h9,12,15H,3-8,10-11H2,1-2H3. The Kier molecular flexibility index (Phi) is 5.20. The molecule has 0 amide bonds. The lowest BCUT2D eigenvalue weighted by Crippen LogP contribution is -2.24. The van der Waals surface area contributed by atoms with Crippen LogP contribution in [-0.4, -0.2) is 29.2 Å². The number of rotatable bonds is 9. The molecular weight excluding hydrogens is 226 g/mol. The van der Waals surface area contributed by atoms with Crippen LogP contribution in [0.15, 0.2) is 10.6 Å². The summed E-state index contributed by atoms with van der Waals surface area (Å²) < 4.78 is 5.41. The van der Waals surface area contributed by atoms with Crippen molar-refractivity contribution in [3.8, 4) is 0 Å². The molecule has 0 bridgehead atoms. The van der Waals surface area contributed by atoms with Gasteiger partial charge in [-0.3, -0.25) is 4.90 Å². The molecule has 2 rings (SSSR count). The third kappa shape index (κ3) is 4.42. The zero-order valence-corrected chi connectivity index (χ0v) is 11.6. The van der Waals surface area contributed by atoms with Crippen molar-refractivity contribution < 1.29 is 4.52 Å². The van der Waals surface area contributed by atoms with E-state index in [0.717, 1.165) is 43.7 Å². The van der Waals surface area contributed by atoms with Crippen LogP contribution in [0.25, 0.3) is 0 Å². The highest BCUT2D eigenvalue weighted by molar-refractivity contribution is 5.05. The summed E-state index contributed by atoms with van der Waals surface area (Å²) in [6.45, 7) is 8.42. The Morgan fingerprint density at radius 1 is 1.33 bits per heavy atom. The largest absolute Gasteiger partial charge is 0.360 e. The van der Waals surface area contributed by atoms with Crippen LogP contribution < -0.4 is 5.32 Å². The third-order valence-corrected chi connectivity index (χ3v) is 3.22. The quantitative estimate of drug-likeness (QED) is 0.732. The maximum Gasteiger partial charge on any atom is 0.151 e. The van der Waals surface area contributed by atoms with Crippen LogP contribution >= 0.6 is 0 Å². The van der Waals surface area contributed by atoms with E-state index < -0.39 is 0 Å². The van der Waals surface area contributed by atoms with Gasteiger partial charge in [-0.05, 0) is 38.8 Å². The van der Waals surface area contributed by atoms with E-state index in [1.165, 1.54) is 25.7 Å². The van der Waals surface area contributed by atoms with Gasteiger partial charge in [-0.2, -0.15) is 0 Å². The van der Waals surface area contributed by atoms with Crippen LogP contribution in [0.5, 0.6) is 0 Å². The Hall–Kier alpha value is -0.870. The number of hydrogen-bond donors (Lipinski definition) is 1. The smallest absolute Gasteiger partial charge is 0.151 e. The SMILES string of the molecule is CCCN(CCC)Cc1cc(CNC2CC2)no1. The lowest BCUT2D eigenvalue weighted by Gasteiger charge is -2.18. The van der Waals surface area contributed by atoms with Crippen LogP contribution in [0.4, 0.5) is 0 Å². The van der Waals surface area contributed by atoms with E-state index in [1.54, 1.807) is 0 Å². The molecule has 0 aromatic carbocycles. The fraction of sp³-hybridized carbons (Fsp3) is 0.786. The van der Waals surface area contributed by atoms with Crippen molar-refractivity contribution in [3.05, 3.63) is 17.5 Å². The van der Waals surface area contributed by atoms with Crippen molar-refractivity contribution in [3.63, 3.8) is 0 Å². The number of hydrogen-bond acceptors (Lipinski definition) is 4. The van der Waals surface area contributed by atoms with Crippen molar-refractivity contribution >= 4 is 0 Å². The van der Waals surface area contributed by atoms with Crippen molar-refractivity contribution in [1.29, 1.82) is 0 Å². The van der Waals surface area contributed by atoms with E-state index in [4.69, 9.17) is 4.52 Å². The Balaban J connectivity index is 1.79. The zero-order chi connectivity index (χ0) is 12.8. The fourth-order valence-corrected chi connectivity index (χ4v) is 2.17.